The van der Waals surface area contributed by atoms with Gasteiger partial charge in [0.1, 0.15) is 5.82 Å². The van der Waals surface area contributed by atoms with Crippen molar-refractivity contribution in [2.45, 2.75) is 26.2 Å². The molecular formula is C59H39BN4S2. The Morgan fingerprint density at radius 1 is 0.470 bits per heavy atom. The Morgan fingerprint density at radius 3 is 1.86 bits per heavy atom. The number of para-hydroxylation sites is 1. The van der Waals surface area contributed by atoms with Gasteiger partial charge >= 0.3 is 6.85 Å². The molecule has 4 nitrogen and oxygen atoms in total. The molecule has 0 saturated carbocycles. The lowest BCUT2D eigenvalue weighted by Crippen LogP contribution is -2.60. The first-order valence-corrected chi connectivity index (χ1v) is 24.4. The van der Waals surface area contributed by atoms with Crippen LogP contribution in [0.2, 0.25) is 0 Å². The van der Waals surface area contributed by atoms with E-state index >= 15 is 0 Å². The second-order valence-corrected chi connectivity index (χ2v) is 21.3. The molecule has 9 aromatic carbocycles. The van der Waals surface area contributed by atoms with Crippen LogP contribution in [0, 0.1) is 0 Å². The maximum absolute atomic E-state index is 5.58. The normalized spacial score (nSPS) is 13.3. The van der Waals surface area contributed by atoms with E-state index in [-0.39, 0.29) is 12.3 Å². The monoisotopic (exact) mass is 878 g/mol. The van der Waals surface area contributed by atoms with Gasteiger partial charge in [0.15, 0.2) is 0 Å². The highest BCUT2D eigenvalue weighted by atomic mass is 32.1. The van der Waals surface area contributed by atoms with E-state index in [9.17, 15) is 0 Å². The second kappa shape index (κ2) is 13.1. The molecule has 0 radical (unpaired) electrons. The zero-order valence-electron chi connectivity index (χ0n) is 36.5. The number of hydrogen-bond donors (Lipinski definition) is 0. The molecule has 2 aliphatic rings. The maximum atomic E-state index is 5.58. The van der Waals surface area contributed by atoms with Gasteiger partial charge in [-0.15, -0.1) is 22.7 Å². The van der Waals surface area contributed by atoms with E-state index in [0.717, 1.165) is 28.1 Å². The molecule has 66 heavy (non-hydrogen) atoms. The molecule has 0 aliphatic carbocycles. The summed E-state index contributed by atoms with van der Waals surface area (Å²) in [5.41, 5.74) is 16.9. The number of fused-ring (bicyclic) bond motifs is 15. The number of hydrogen-bond acceptors (Lipinski definition) is 4. The Kier molecular flexibility index (Phi) is 7.31. The van der Waals surface area contributed by atoms with E-state index in [0.29, 0.717) is 0 Å². The summed E-state index contributed by atoms with van der Waals surface area (Å²) < 4.78 is 10.2. The smallest absolute Gasteiger partial charge is 0.333 e. The van der Waals surface area contributed by atoms with E-state index in [1.54, 1.807) is 0 Å². The van der Waals surface area contributed by atoms with Crippen LogP contribution in [0.4, 0.5) is 11.4 Å². The van der Waals surface area contributed by atoms with Crippen LogP contribution in [0.3, 0.4) is 0 Å². The summed E-state index contributed by atoms with van der Waals surface area (Å²) in [6, 6.07) is 68.3. The zero-order valence-corrected chi connectivity index (χ0v) is 38.1. The Labute approximate surface area is 389 Å². The number of imidazole rings is 1. The summed E-state index contributed by atoms with van der Waals surface area (Å²) in [4.78, 5) is 8.25. The molecule has 0 spiro atoms. The number of rotatable bonds is 3. The van der Waals surface area contributed by atoms with E-state index in [1.807, 2.05) is 22.7 Å². The fourth-order valence-corrected chi connectivity index (χ4v) is 13.7. The van der Waals surface area contributed by atoms with Crippen molar-refractivity contribution in [3.8, 4) is 33.9 Å². The number of benzene rings is 9. The van der Waals surface area contributed by atoms with Crippen molar-refractivity contribution >= 4 is 125 Å². The van der Waals surface area contributed by atoms with Crippen molar-refractivity contribution in [1.29, 1.82) is 0 Å². The molecule has 0 bridgehead atoms. The lowest BCUT2D eigenvalue weighted by atomic mass is 9.44. The molecule has 310 valence electrons. The predicted molar refractivity (Wildman–Crippen MR) is 284 cm³/mol. The van der Waals surface area contributed by atoms with Gasteiger partial charge < -0.3 is 9.38 Å². The van der Waals surface area contributed by atoms with Crippen LogP contribution < -0.4 is 15.7 Å². The minimum Gasteiger partial charge on any atom is -0.376 e. The lowest BCUT2D eigenvalue weighted by Gasteiger charge is -2.42. The number of aromatic nitrogens is 3. The number of nitrogens with zero attached hydrogens (tertiary/aromatic N) is 4. The summed E-state index contributed by atoms with van der Waals surface area (Å²) in [7, 11) is 0. The first kappa shape index (κ1) is 36.8. The van der Waals surface area contributed by atoms with Gasteiger partial charge in [0.25, 0.3) is 0 Å². The fraction of sp³-hybridized carbons (Fsp3) is 0.0678. The Morgan fingerprint density at radius 2 is 1.14 bits per heavy atom. The van der Waals surface area contributed by atoms with Gasteiger partial charge in [0.05, 0.1) is 22.1 Å². The molecule has 2 aliphatic heterocycles. The number of thiophene rings is 2. The molecule has 4 aromatic heterocycles. The molecular weight excluding hydrogens is 840 g/mol. The molecule has 0 fully saturated rings. The van der Waals surface area contributed by atoms with Gasteiger partial charge in [-0.2, -0.15) is 0 Å². The minimum absolute atomic E-state index is 0.0238. The third-order valence-corrected chi connectivity index (χ3v) is 16.7. The van der Waals surface area contributed by atoms with Gasteiger partial charge in [0.2, 0.25) is 0 Å². The van der Waals surface area contributed by atoms with Crippen LogP contribution in [-0.4, -0.2) is 21.0 Å². The van der Waals surface area contributed by atoms with Crippen molar-refractivity contribution < 1.29 is 0 Å². The van der Waals surface area contributed by atoms with Gasteiger partial charge in [-0.05, 0) is 100 Å². The Hall–Kier alpha value is -7.45. The highest BCUT2D eigenvalue weighted by molar-refractivity contribution is 7.26. The minimum atomic E-state index is -0.140. The van der Waals surface area contributed by atoms with Crippen molar-refractivity contribution in [2.24, 2.45) is 0 Å². The standard InChI is InChI=1S/C59H39BN4S2/c1-59(2,3)35-22-24-37(25-23-35)64-49-29-45-39-19-11-13-21-53(39)65-54(45)30-43(49)40-26-27-41-42-28-44-38-18-10-12-20-52(38)66-55(44)33-48(42)63-50-32-51-47(31-46(50)60(64)56(40)57(41)63)61-58(34-14-6-4-7-15-34)62(51)36-16-8-5-9-17-36/h4-33H,1-3H3. The van der Waals surface area contributed by atoms with E-state index in [2.05, 4.69) is 217 Å². The Bertz CT molecular complexity index is 4210. The molecule has 0 unspecified atom stereocenters. The van der Waals surface area contributed by atoms with Crippen LogP contribution in [0.25, 0.3) is 107 Å². The molecule has 13 aromatic rings. The highest BCUT2D eigenvalue weighted by Crippen LogP contribution is 2.50. The van der Waals surface area contributed by atoms with Crippen LogP contribution in [0.5, 0.6) is 0 Å². The molecule has 0 atom stereocenters. The van der Waals surface area contributed by atoms with E-state index in [4.69, 9.17) is 4.98 Å². The van der Waals surface area contributed by atoms with Gasteiger partial charge in [0, 0.05) is 85.0 Å². The molecule has 0 saturated heterocycles. The topological polar surface area (TPSA) is 26.0 Å². The third kappa shape index (κ3) is 4.96. The largest absolute Gasteiger partial charge is 0.376 e. The summed E-state index contributed by atoms with van der Waals surface area (Å²) in [6.07, 6.45) is 0. The van der Waals surface area contributed by atoms with E-state index in [1.165, 1.54) is 107 Å². The van der Waals surface area contributed by atoms with Gasteiger partial charge in [-0.3, -0.25) is 4.57 Å². The van der Waals surface area contributed by atoms with Crippen LogP contribution in [0.1, 0.15) is 26.3 Å². The third-order valence-electron chi connectivity index (χ3n) is 14.4. The first-order valence-electron chi connectivity index (χ1n) is 22.8. The summed E-state index contributed by atoms with van der Waals surface area (Å²) in [5.74, 6) is 0.933. The zero-order chi connectivity index (χ0) is 43.6. The molecule has 0 amide bonds. The molecule has 7 heteroatoms. The summed E-state index contributed by atoms with van der Waals surface area (Å²) in [6.45, 7) is 6.77. The summed E-state index contributed by atoms with van der Waals surface area (Å²) in [5, 5.41) is 7.81. The maximum Gasteiger partial charge on any atom is 0.333 e. The van der Waals surface area contributed by atoms with Crippen LogP contribution in [-0.2, 0) is 5.41 Å². The summed E-state index contributed by atoms with van der Waals surface area (Å²) >= 11 is 3.79. The SMILES string of the molecule is CC(C)(C)c1ccc(N2B3c4cc5nc(-c6ccccc6)n(-c6ccccc6)c5cc4-n4c5cc6sc7ccccc7c6cc5c5ccc(c3c54)-c3cc4sc5ccccc5c4cc32)cc1. The van der Waals surface area contributed by atoms with Gasteiger partial charge in [-0.25, -0.2) is 4.98 Å². The van der Waals surface area contributed by atoms with Crippen molar-refractivity contribution in [1.82, 2.24) is 14.1 Å². The average molecular weight is 879 g/mol. The van der Waals surface area contributed by atoms with Crippen molar-refractivity contribution in [2.75, 3.05) is 4.81 Å². The average Bonchev–Trinajstić information content (AvgIpc) is 4.10. The lowest BCUT2D eigenvalue weighted by molar-refractivity contribution is 0.590. The number of anilines is 2. The Balaban J connectivity index is 1.12. The fourth-order valence-electron chi connectivity index (χ4n) is 11.4. The molecule has 0 N–H and O–H groups in total. The highest BCUT2D eigenvalue weighted by Gasteiger charge is 2.45. The van der Waals surface area contributed by atoms with Crippen molar-refractivity contribution in [3.05, 3.63) is 188 Å². The van der Waals surface area contributed by atoms with Crippen LogP contribution >= 0.6 is 22.7 Å². The predicted octanol–water partition coefficient (Wildman–Crippen LogP) is 15.1. The van der Waals surface area contributed by atoms with Crippen LogP contribution in [0.15, 0.2) is 182 Å². The molecule has 6 heterocycles. The van der Waals surface area contributed by atoms with E-state index < -0.39 is 0 Å². The first-order chi connectivity index (χ1) is 32.4. The second-order valence-electron chi connectivity index (χ2n) is 19.1. The quantitative estimate of drug-likeness (QED) is 0.165. The van der Waals surface area contributed by atoms with Gasteiger partial charge in [-0.1, -0.05) is 130 Å². The molecule has 15 rings (SSSR count). The van der Waals surface area contributed by atoms with Crippen molar-refractivity contribution in [3.63, 3.8) is 0 Å².